The van der Waals surface area contributed by atoms with Gasteiger partial charge < -0.3 is 14.5 Å². The highest BCUT2D eigenvalue weighted by Crippen LogP contribution is 2.25. The van der Waals surface area contributed by atoms with E-state index in [1.807, 2.05) is 6.92 Å². The number of ether oxygens (including phenoxy) is 1. The number of carbonyl (C=O) groups is 1. The maximum absolute atomic E-state index is 12.3. The fourth-order valence-corrected chi connectivity index (χ4v) is 2.36. The van der Waals surface area contributed by atoms with E-state index in [4.69, 9.17) is 20.8 Å². The molecule has 5 nitrogen and oxygen atoms in total. The third-order valence-electron chi connectivity index (χ3n) is 3.29. The maximum atomic E-state index is 12.3. The first-order chi connectivity index (χ1) is 11.2. The number of fused-ring (bicyclic) bond motifs is 1. The topological polar surface area (TPSA) is 64.4 Å². The standard InChI is InChI=1S/C17H15ClN2O3/c1-2-22-10-12-4-6-16(23-12)17(21)20-15-7-8-19-14-5-3-11(18)9-13(14)15/h3-9H,2,10H2,1H3,(H,19,20,21). The van der Waals surface area contributed by atoms with Crippen LogP contribution in [0.15, 0.2) is 47.0 Å². The Morgan fingerprint density at radius 3 is 3.00 bits per heavy atom. The molecule has 3 aromatic rings. The van der Waals surface area contributed by atoms with Crippen LogP contribution in [-0.2, 0) is 11.3 Å². The Morgan fingerprint density at radius 2 is 2.17 bits per heavy atom. The van der Waals surface area contributed by atoms with Crippen molar-refractivity contribution in [1.29, 1.82) is 0 Å². The van der Waals surface area contributed by atoms with Gasteiger partial charge in [-0.3, -0.25) is 9.78 Å². The van der Waals surface area contributed by atoms with Crippen molar-refractivity contribution in [1.82, 2.24) is 4.98 Å². The van der Waals surface area contributed by atoms with Gasteiger partial charge in [0.2, 0.25) is 0 Å². The number of anilines is 1. The molecule has 0 spiro atoms. The SMILES string of the molecule is CCOCc1ccc(C(=O)Nc2ccnc3ccc(Cl)cc23)o1. The van der Waals surface area contributed by atoms with E-state index in [1.165, 1.54) is 0 Å². The van der Waals surface area contributed by atoms with Crippen molar-refractivity contribution in [2.24, 2.45) is 0 Å². The number of aromatic nitrogens is 1. The first-order valence-corrected chi connectivity index (χ1v) is 7.57. The fraction of sp³-hybridized carbons (Fsp3) is 0.176. The first kappa shape index (κ1) is 15.5. The molecule has 0 unspecified atom stereocenters. The third-order valence-corrected chi connectivity index (χ3v) is 3.52. The predicted octanol–water partition coefficient (Wildman–Crippen LogP) is 4.27. The van der Waals surface area contributed by atoms with Gasteiger partial charge in [-0.2, -0.15) is 0 Å². The second-order valence-corrected chi connectivity index (χ2v) is 5.31. The molecule has 0 aliphatic carbocycles. The van der Waals surface area contributed by atoms with Crippen LogP contribution < -0.4 is 5.32 Å². The average Bonchev–Trinajstić information content (AvgIpc) is 3.02. The first-order valence-electron chi connectivity index (χ1n) is 7.19. The van der Waals surface area contributed by atoms with Crippen molar-refractivity contribution in [3.8, 4) is 0 Å². The Labute approximate surface area is 138 Å². The minimum absolute atomic E-state index is 0.228. The second-order valence-electron chi connectivity index (χ2n) is 4.88. The summed E-state index contributed by atoms with van der Waals surface area (Å²) < 4.78 is 10.7. The van der Waals surface area contributed by atoms with E-state index in [0.717, 1.165) is 10.9 Å². The van der Waals surface area contributed by atoms with Crippen LogP contribution in [0.1, 0.15) is 23.2 Å². The quantitative estimate of drug-likeness (QED) is 0.758. The summed E-state index contributed by atoms with van der Waals surface area (Å²) in [5.41, 5.74) is 1.38. The highest BCUT2D eigenvalue weighted by Gasteiger charge is 2.13. The van der Waals surface area contributed by atoms with Crippen LogP contribution in [-0.4, -0.2) is 17.5 Å². The lowest BCUT2D eigenvalue weighted by molar-refractivity contribution is 0.0972. The summed E-state index contributed by atoms with van der Waals surface area (Å²) in [6, 6.07) is 10.4. The van der Waals surface area contributed by atoms with Crippen LogP contribution in [0, 0.1) is 0 Å². The molecule has 2 heterocycles. The predicted molar refractivity (Wildman–Crippen MR) is 88.7 cm³/mol. The molecule has 1 amide bonds. The molecule has 0 saturated carbocycles. The number of halogens is 1. The molecule has 0 radical (unpaired) electrons. The molecular formula is C17H15ClN2O3. The van der Waals surface area contributed by atoms with Gasteiger partial charge in [0.25, 0.3) is 5.91 Å². The lowest BCUT2D eigenvalue weighted by Crippen LogP contribution is -2.11. The van der Waals surface area contributed by atoms with Gasteiger partial charge in [0.05, 0.1) is 11.2 Å². The van der Waals surface area contributed by atoms with Crippen LogP contribution in [0.4, 0.5) is 5.69 Å². The Bertz CT molecular complexity index is 845. The lowest BCUT2D eigenvalue weighted by atomic mass is 10.2. The number of hydrogen-bond acceptors (Lipinski definition) is 4. The van der Waals surface area contributed by atoms with E-state index in [-0.39, 0.29) is 11.7 Å². The number of furan rings is 1. The van der Waals surface area contributed by atoms with Crippen LogP contribution in [0.3, 0.4) is 0 Å². The molecule has 0 aliphatic rings. The van der Waals surface area contributed by atoms with Gasteiger partial charge in [0, 0.05) is 23.2 Å². The number of rotatable bonds is 5. The van der Waals surface area contributed by atoms with E-state index >= 15 is 0 Å². The highest BCUT2D eigenvalue weighted by molar-refractivity contribution is 6.31. The number of nitrogens with zero attached hydrogens (tertiary/aromatic N) is 1. The molecule has 1 aromatic carbocycles. The Balaban J connectivity index is 1.82. The molecule has 2 aromatic heterocycles. The summed E-state index contributed by atoms with van der Waals surface area (Å²) in [4.78, 5) is 16.6. The van der Waals surface area contributed by atoms with Crippen LogP contribution in [0.5, 0.6) is 0 Å². The number of pyridine rings is 1. The molecule has 0 bridgehead atoms. The molecule has 0 atom stereocenters. The van der Waals surface area contributed by atoms with Gasteiger partial charge in [-0.15, -0.1) is 0 Å². The van der Waals surface area contributed by atoms with Gasteiger partial charge in [-0.05, 0) is 43.3 Å². The molecule has 1 N–H and O–H groups in total. The van der Waals surface area contributed by atoms with Crippen molar-refractivity contribution >= 4 is 34.1 Å². The number of nitrogens with one attached hydrogen (secondary N) is 1. The third kappa shape index (κ3) is 3.52. The van der Waals surface area contributed by atoms with Crippen LogP contribution >= 0.6 is 11.6 Å². The van der Waals surface area contributed by atoms with Gasteiger partial charge in [-0.25, -0.2) is 0 Å². The van der Waals surface area contributed by atoms with Crippen molar-refractivity contribution < 1.29 is 13.9 Å². The Morgan fingerprint density at radius 1 is 1.30 bits per heavy atom. The minimum atomic E-state index is -0.333. The highest BCUT2D eigenvalue weighted by atomic mass is 35.5. The molecule has 23 heavy (non-hydrogen) atoms. The normalized spacial score (nSPS) is 10.9. The zero-order valence-corrected chi connectivity index (χ0v) is 13.3. The number of benzene rings is 1. The maximum Gasteiger partial charge on any atom is 0.291 e. The van der Waals surface area contributed by atoms with Gasteiger partial charge in [0.15, 0.2) is 5.76 Å². The fourth-order valence-electron chi connectivity index (χ4n) is 2.19. The van der Waals surface area contributed by atoms with Crippen LogP contribution in [0.25, 0.3) is 10.9 Å². The van der Waals surface area contributed by atoms with Crippen molar-refractivity contribution in [2.75, 3.05) is 11.9 Å². The molecule has 0 saturated heterocycles. The van der Waals surface area contributed by atoms with E-state index in [1.54, 1.807) is 42.6 Å². The zero-order chi connectivity index (χ0) is 16.2. The number of hydrogen-bond donors (Lipinski definition) is 1. The van der Waals surface area contributed by atoms with E-state index in [9.17, 15) is 4.79 Å². The largest absolute Gasteiger partial charge is 0.453 e. The molecule has 3 rings (SSSR count). The molecule has 0 fully saturated rings. The Kier molecular flexibility index (Phi) is 4.60. The summed E-state index contributed by atoms with van der Waals surface area (Å²) in [5.74, 6) is 0.506. The smallest absolute Gasteiger partial charge is 0.291 e. The summed E-state index contributed by atoms with van der Waals surface area (Å²) in [5, 5.41) is 4.18. The van der Waals surface area contributed by atoms with Gasteiger partial charge >= 0.3 is 0 Å². The molecular weight excluding hydrogens is 316 g/mol. The zero-order valence-electron chi connectivity index (χ0n) is 12.5. The lowest BCUT2D eigenvalue weighted by Gasteiger charge is -2.07. The minimum Gasteiger partial charge on any atom is -0.453 e. The Hall–Kier alpha value is -2.37. The van der Waals surface area contributed by atoms with E-state index < -0.39 is 0 Å². The molecule has 118 valence electrons. The summed E-state index contributed by atoms with van der Waals surface area (Å²) >= 11 is 6.02. The summed E-state index contributed by atoms with van der Waals surface area (Å²) in [7, 11) is 0. The monoisotopic (exact) mass is 330 g/mol. The van der Waals surface area contributed by atoms with Crippen molar-refractivity contribution in [3.05, 3.63) is 59.1 Å². The summed E-state index contributed by atoms with van der Waals surface area (Å²) in [6.45, 7) is 2.83. The summed E-state index contributed by atoms with van der Waals surface area (Å²) in [6.07, 6.45) is 1.63. The van der Waals surface area contributed by atoms with Gasteiger partial charge in [0.1, 0.15) is 12.4 Å². The molecule has 0 aliphatic heterocycles. The van der Waals surface area contributed by atoms with E-state index in [0.29, 0.717) is 29.7 Å². The van der Waals surface area contributed by atoms with Crippen molar-refractivity contribution in [3.63, 3.8) is 0 Å². The van der Waals surface area contributed by atoms with Crippen molar-refractivity contribution in [2.45, 2.75) is 13.5 Å². The van der Waals surface area contributed by atoms with Gasteiger partial charge in [-0.1, -0.05) is 11.6 Å². The molecule has 6 heteroatoms. The van der Waals surface area contributed by atoms with E-state index in [2.05, 4.69) is 10.3 Å². The second kappa shape index (κ2) is 6.81. The number of amides is 1. The number of carbonyl (C=O) groups excluding carboxylic acids is 1. The average molecular weight is 331 g/mol. The van der Waals surface area contributed by atoms with Crippen LogP contribution in [0.2, 0.25) is 5.02 Å².